The molecule has 1 aromatic carbocycles. The molecule has 0 bridgehead atoms. The van der Waals surface area contributed by atoms with Crippen LogP contribution in [0.1, 0.15) is 5.56 Å². The predicted octanol–water partition coefficient (Wildman–Crippen LogP) is 1.00. The van der Waals surface area contributed by atoms with E-state index in [1.165, 1.54) is 12.1 Å². The molecule has 0 spiro atoms. The quantitative estimate of drug-likeness (QED) is 0.475. The molecule has 1 rings (SSSR count). The molecule has 18 heavy (non-hydrogen) atoms. The van der Waals surface area contributed by atoms with Gasteiger partial charge in [0.05, 0.1) is 11.5 Å². The largest absolute Gasteiger partial charge is 0.350 e. The van der Waals surface area contributed by atoms with Crippen LogP contribution in [0.15, 0.2) is 41.8 Å². The first-order chi connectivity index (χ1) is 8.45. The van der Waals surface area contributed by atoms with Crippen LogP contribution in [0.2, 0.25) is 0 Å². The fraction of sp³-hybridized carbons (Fsp3) is 0.250. The van der Waals surface area contributed by atoms with E-state index >= 15 is 0 Å². The van der Waals surface area contributed by atoms with E-state index in [1.807, 2.05) is 6.92 Å². The SMILES string of the molecule is C=CC(=O)NCCOS(=O)(=O)c1ccc(C)cc1. The molecule has 0 saturated heterocycles. The lowest BCUT2D eigenvalue weighted by Crippen LogP contribution is -2.26. The van der Waals surface area contributed by atoms with E-state index in [0.717, 1.165) is 11.6 Å². The molecule has 0 aliphatic rings. The van der Waals surface area contributed by atoms with Gasteiger partial charge in [0.25, 0.3) is 10.1 Å². The second-order valence-electron chi connectivity index (χ2n) is 3.58. The van der Waals surface area contributed by atoms with Crippen molar-refractivity contribution in [2.75, 3.05) is 13.2 Å². The number of carbonyl (C=O) groups is 1. The minimum Gasteiger partial charge on any atom is -0.350 e. The molecule has 6 heteroatoms. The summed E-state index contributed by atoms with van der Waals surface area (Å²) < 4.78 is 28.2. The topological polar surface area (TPSA) is 72.5 Å². The number of benzene rings is 1. The summed E-state index contributed by atoms with van der Waals surface area (Å²) in [6.07, 6.45) is 1.11. The number of amides is 1. The standard InChI is InChI=1S/C12H15NO4S/c1-3-12(14)13-8-9-17-18(15,16)11-6-4-10(2)5-7-11/h3-7H,1,8-9H2,2H3,(H,13,14). The smallest absolute Gasteiger partial charge is 0.297 e. The van der Waals surface area contributed by atoms with Gasteiger partial charge in [0, 0.05) is 6.54 Å². The van der Waals surface area contributed by atoms with Crippen LogP contribution in [-0.2, 0) is 19.1 Å². The number of hydrogen-bond donors (Lipinski definition) is 1. The summed E-state index contributed by atoms with van der Waals surface area (Å²) in [4.78, 5) is 10.9. The zero-order chi connectivity index (χ0) is 13.6. The zero-order valence-corrected chi connectivity index (χ0v) is 10.9. The molecule has 0 saturated carbocycles. The van der Waals surface area contributed by atoms with E-state index in [0.29, 0.717) is 0 Å². The molecule has 0 unspecified atom stereocenters. The van der Waals surface area contributed by atoms with Gasteiger partial charge in [0.1, 0.15) is 0 Å². The lowest BCUT2D eigenvalue weighted by Gasteiger charge is -2.06. The van der Waals surface area contributed by atoms with Crippen LogP contribution in [0.3, 0.4) is 0 Å². The molecule has 98 valence electrons. The van der Waals surface area contributed by atoms with Crippen molar-refractivity contribution in [2.45, 2.75) is 11.8 Å². The molecule has 1 amide bonds. The van der Waals surface area contributed by atoms with Crippen molar-refractivity contribution < 1.29 is 17.4 Å². The molecule has 5 nitrogen and oxygen atoms in total. The molecule has 0 aliphatic heterocycles. The number of carbonyl (C=O) groups excluding carboxylic acids is 1. The second kappa shape index (κ2) is 6.32. The number of nitrogens with one attached hydrogen (secondary N) is 1. The third-order valence-electron chi connectivity index (χ3n) is 2.13. The van der Waals surface area contributed by atoms with Crippen LogP contribution in [0.4, 0.5) is 0 Å². The van der Waals surface area contributed by atoms with Crippen LogP contribution >= 0.6 is 0 Å². The number of hydrogen-bond acceptors (Lipinski definition) is 4. The Morgan fingerprint density at radius 3 is 2.56 bits per heavy atom. The van der Waals surface area contributed by atoms with Gasteiger partial charge in [-0.2, -0.15) is 8.42 Å². The molecule has 0 radical (unpaired) electrons. The Bertz CT molecular complexity index is 520. The van der Waals surface area contributed by atoms with Gasteiger partial charge in [-0.25, -0.2) is 0 Å². The van der Waals surface area contributed by atoms with Gasteiger partial charge < -0.3 is 5.32 Å². The van der Waals surface area contributed by atoms with Gasteiger partial charge in [-0.05, 0) is 25.1 Å². The number of aryl methyl sites for hydroxylation is 1. The van der Waals surface area contributed by atoms with Gasteiger partial charge in [-0.15, -0.1) is 0 Å². The van der Waals surface area contributed by atoms with Crippen LogP contribution in [0.5, 0.6) is 0 Å². The zero-order valence-electron chi connectivity index (χ0n) is 10.0. The van der Waals surface area contributed by atoms with Crippen LogP contribution in [0.25, 0.3) is 0 Å². The monoisotopic (exact) mass is 269 g/mol. The highest BCUT2D eigenvalue weighted by molar-refractivity contribution is 7.86. The molecule has 0 aliphatic carbocycles. The van der Waals surface area contributed by atoms with Gasteiger partial charge in [0.2, 0.25) is 5.91 Å². The van der Waals surface area contributed by atoms with Crippen LogP contribution < -0.4 is 5.32 Å². The molecular weight excluding hydrogens is 254 g/mol. The van der Waals surface area contributed by atoms with Crippen molar-refractivity contribution in [3.8, 4) is 0 Å². The first kappa shape index (κ1) is 14.4. The van der Waals surface area contributed by atoms with E-state index < -0.39 is 10.1 Å². The van der Waals surface area contributed by atoms with Crippen LogP contribution in [0, 0.1) is 6.92 Å². The maximum Gasteiger partial charge on any atom is 0.297 e. The Morgan fingerprint density at radius 2 is 2.00 bits per heavy atom. The third-order valence-corrected chi connectivity index (χ3v) is 3.46. The van der Waals surface area contributed by atoms with Crippen LogP contribution in [-0.4, -0.2) is 27.5 Å². The van der Waals surface area contributed by atoms with Crippen molar-refractivity contribution in [1.29, 1.82) is 0 Å². The van der Waals surface area contributed by atoms with Gasteiger partial charge in [-0.1, -0.05) is 24.3 Å². The minimum absolute atomic E-state index is 0.100. The highest BCUT2D eigenvalue weighted by Gasteiger charge is 2.14. The summed E-state index contributed by atoms with van der Waals surface area (Å²) in [5.41, 5.74) is 0.965. The Balaban J connectivity index is 2.52. The van der Waals surface area contributed by atoms with Crippen molar-refractivity contribution in [1.82, 2.24) is 5.32 Å². The maximum absolute atomic E-state index is 11.7. The summed E-state index contributed by atoms with van der Waals surface area (Å²) in [6.45, 7) is 5.13. The van der Waals surface area contributed by atoms with Crippen molar-refractivity contribution in [2.24, 2.45) is 0 Å². The average molecular weight is 269 g/mol. The van der Waals surface area contributed by atoms with E-state index in [9.17, 15) is 13.2 Å². The predicted molar refractivity (Wildman–Crippen MR) is 67.5 cm³/mol. The lowest BCUT2D eigenvalue weighted by atomic mass is 10.2. The Labute approximate surface area is 107 Å². The molecule has 1 aromatic rings. The van der Waals surface area contributed by atoms with E-state index in [1.54, 1.807) is 12.1 Å². The normalized spacial score (nSPS) is 10.9. The van der Waals surface area contributed by atoms with Gasteiger partial charge >= 0.3 is 0 Å². The molecular formula is C12H15NO4S. The molecule has 0 fully saturated rings. The molecule has 0 aromatic heterocycles. The third kappa shape index (κ3) is 4.31. The lowest BCUT2D eigenvalue weighted by molar-refractivity contribution is -0.116. The molecule has 1 N–H and O–H groups in total. The summed E-state index contributed by atoms with van der Waals surface area (Å²) in [7, 11) is -3.76. The first-order valence-electron chi connectivity index (χ1n) is 5.32. The summed E-state index contributed by atoms with van der Waals surface area (Å²) in [5.74, 6) is -0.369. The fourth-order valence-electron chi connectivity index (χ4n) is 1.17. The highest BCUT2D eigenvalue weighted by atomic mass is 32.2. The van der Waals surface area contributed by atoms with E-state index in [2.05, 4.69) is 11.9 Å². The first-order valence-corrected chi connectivity index (χ1v) is 6.73. The van der Waals surface area contributed by atoms with Crippen molar-refractivity contribution >= 4 is 16.0 Å². The average Bonchev–Trinajstić information content (AvgIpc) is 2.35. The van der Waals surface area contributed by atoms with Crippen molar-refractivity contribution in [3.05, 3.63) is 42.5 Å². The Kier molecular flexibility index (Phi) is 5.06. The Morgan fingerprint density at radius 1 is 1.39 bits per heavy atom. The highest BCUT2D eigenvalue weighted by Crippen LogP contribution is 2.12. The molecule has 0 heterocycles. The Hall–Kier alpha value is -1.66. The van der Waals surface area contributed by atoms with E-state index in [-0.39, 0.29) is 24.0 Å². The maximum atomic E-state index is 11.7. The summed E-state index contributed by atoms with van der Waals surface area (Å²) in [6, 6.07) is 6.34. The number of rotatable bonds is 6. The van der Waals surface area contributed by atoms with Gasteiger partial charge in [-0.3, -0.25) is 8.98 Å². The minimum atomic E-state index is -3.76. The second-order valence-corrected chi connectivity index (χ2v) is 5.20. The summed E-state index contributed by atoms with van der Waals surface area (Å²) in [5, 5.41) is 2.42. The van der Waals surface area contributed by atoms with Crippen molar-refractivity contribution in [3.63, 3.8) is 0 Å². The van der Waals surface area contributed by atoms with E-state index in [4.69, 9.17) is 4.18 Å². The fourth-order valence-corrected chi connectivity index (χ4v) is 2.08. The van der Waals surface area contributed by atoms with Gasteiger partial charge in [0.15, 0.2) is 0 Å². The summed E-state index contributed by atoms with van der Waals surface area (Å²) >= 11 is 0. The molecule has 0 atom stereocenters.